The molecule has 13 heteroatoms. The molecule has 7 N–H and O–H groups in total. The Morgan fingerprint density at radius 3 is 1.76 bits per heavy atom. The molecule has 0 spiro atoms. The van der Waals surface area contributed by atoms with Crippen LogP contribution in [-0.2, 0) is 28.4 Å². The third-order valence-corrected chi connectivity index (χ3v) is 5.24. The number of aliphatic hydroxyl groups is 7. The summed E-state index contributed by atoms with van der Waals surface area (Å²) in [7, 11) is 1.30. The molecule has 0 aromatic rings. The van der Waals surface area contributed by atoms with Gasteiger partial charge in [-0.15, -0.1) is 0 Å². The second-order valence-electron chi connectivity index (χ2n) is 7.12. The standard InChI is InChI=1S/C16H28O13/c1-24-14-10(21)9(20)7(28-14)4-25-15-12(23)13(6(3-18)27-15)29-16-11(22)8(19)5(2-17)26-16/h5-23H,2-4H2,1H3. The summed E-state index contributed by atoms with van der Waals surface area (Å²) in [6.07, 6.45) is -14.7. The molecule has 3 aliphatic rings. The van der Waals surface area contributed by atoms with Crippen molar-refractivity contribution < 1.29 is 64.2 Å². The molecule has 0 radical (unpaired) electrons. The highest BCUT2D eigenvalue weighted by Crippen LogP contribution is 2.31. The first-order chi connectivity index (χ1) is 13.8. The van der Waals surface area contributed by atoms with Crippen molar-refractivity contribution in [3.8, 4) is 0 Å². The third kappa shape index (κ3) is 4.57. The Balaban J connectivity index is 1.56. The van der Waals surface area contributed by atoms with Gasteiger partial charge in [-0.05, 0) is 0 Å². The molecule has 13 nitrogen and oxygen atoms in total. The Morgan fingerprint density at radius 2 is 1.21 bits per heavy atom. The van der Waals surface area contributed by atoms with Gasteiger partial charge in [-0.2, -0.15) is 0 Å². The summed E-state index contributed by atoms with van der Waals surface area (Å²) in [6.45, 7) is -1.36. The summed E-state index contributed by atoms with van der Waals surface area (Å²) in [5, 5.41) is 68.6. The van der Waals surface area contributed by atoms with Crippen molar-refractivity contribution in [2.24, 2.45) is 0 Å². The normalized spacial score (nSPS) is 50.5. The van der Waals surface area contributed by atoms with Crippen molar-refractivity contribution in [2.75, 3.05) is 26.9 Å². The van der Waals surface area contributed by atoms with Crippen LogP contribution < -0.4 is 0 Å². The van der Waals surface area contributed by atoms with Crippen LogP contribution in [0.3, 0.4) is 0 Å². The zero-order valence-corrected chi connectivity index (χ0v) is 15.6. The minimum absolute atomic E-state index is 0.265. The zero-order chi connectivity index (χ0) is 21.3. The van der Waals surface area contributed by atoms with Gasteiger partial charge in [-0.25, -0.2) is 0 Å². The van der Waals surface area contributed by atoms with Gasteiger partial charge >= 0.3 is 0 Å². The van der Waals surface area contributed by atoms with E-state index in [0.717, 1.165) is 0 Å². The van der Waals surface area contributed by atoms with Gasteiger partial charge in [0.25, 0.3) is 0 Å². The lowest BCUT2D eigenvalue weighted by molar-refractivity contribution is -0.216. The molecule has 12 unspecified atom stereocenters. The van der Waals surface area contributed by atoms with Crippen molar-refractivity contribution in [1.29, 1.82) is 0 Å². The molecule has 0 aromatic heterocycles. The van der Waals surface area contributed by atoms with Crippen LogP contribution in [0.1, 0.15) is 0 Å². The highest BCUT2D eigenvalue weighted by molar-refractivity contribution is 4.93. The van der Waals surface area contributed by atoms with Crippen molar-refractivity contribution >= 4 is 0 Å². The van der Waals surface area contributed by atoms with E-state index in [1.165, 1.54) is 7.11 Å². The van der Waals surface area contributed by atoms with Crippen LogP contribution in [0.25, 0.3) is 0 Å². The molecular weight excluding hydrogens is 400 g/mol. The number of hydrogen-bond acceptors (Lipinski definition) is 13. The second-order valence-corrected chi connectivity index (χ2v) is 7.12. The highest BCUT2D eigenvalue weighted by Gasteiger charge is 2.51. The first-order valence-electron chi connectivity index (χ1n) is 9.20. The van der Waals surface area contributed by atoms with E-state index in [9.17, 15) is 30.6 Å². The van der Waals surface area contributed by atoms with Crippen molar-refractivity contribution in [2.45, 2.75) is 73.8 Å². The first kappa shape index (κ1) is 23.1. The van der Waals surface area contributed by atoms with Crippen LogP contribution in [-0.4, -0.2) is 136 Å². The van der Waals surface area contributed by atoms with E-state index < -0.39 is 87.0 Å². The molecule has 3 fully saturated rings. The molecule has 170 valence electrons. The fraction of sp³-hybridized carbons (Fsp3) is 1.00. The summed E-state index contributed by atoms with van der Waals surface area (Å²) in [4.78, 5) is 0. The molecule has 0 amide bonds. The van der Waals surface area contributed by atoms with Gasteiger partial charge in [0.05, 0.1) is 19.8 Å². The Hall–Kier alpha value is -0.520. The molecule has 0 saturated carbocycles. The van der Waals surface area contributed by atoms with Crippen molar-refractivity contribution in [1.82, 2.24) is 0 Å². The van der Waals surface area contributed by atoms with Gasteiger partial charge in [0, 0.05) is 7.11 Å². The van der Waals surface area contributed by atoms with E-state index in [1.807, 2.05) is 0 Å². The molecule has 3 saturated heterocycles. The van der Waals surface area contributed by atoms with Gasteiger partial charge in [0.2, 0.25) is 0 Å². The average Bonchev–Trinajstić information content (AvgIpc) is 3.28. The SMILES string of the molecule is COC1OC(COC2OC(CO)C(OC3OC(CO)C(O)C3O)C2O)C(O)C1O. The van der Waals surface area contributed by atoms with E-state index in [2.05, 4.69) is 0 Å². The largest absolute Gasteiger partial charge is 0.394 e. The summed E-state index contributed by atoms with van der Waals surface area (Å²) in [5.74, 6) is 0. The van der Waals surface area contributed by atoms with E-state index in [1.54, 1.807) is 0 Å². The van der Waals surface area contributed by atoms with Gasteiger partial charge in [0.1, 0.15) is 54.9 Å². The van der Waals surface area contributed by atoms with Gasteiger partial charge < -0.3 is 64.2 Å². The fourth-order valence-electron chi connectivity index (χ4n) is 3.53. The van der Waals surface area contributed by atoms with Crippen molar-refractivity contribution in [3.05, 3.63) is 0 Å². The number of methoxy groups -OCH3 is 1. The maximum atomic E-state index is 10.5. The summed E-state index contributed by atoms with van der Waals surface area (Å²) in [5.41, 5.74) is 0. The third-order valence-electron chi connectivity index (χ3n) is 5.24. The highest BCUT2D eigenvalue weighted by atomic mass is 16.8. The Labute approximate surface area is 165 Å². The topological polar surface area (TPSA) is 197 Å². The van der Waals surface area contributed by atoms with Crippen LogP contribution in [0.2, 0.25) is 0 Å². The van der Waals surface area contributed by atoms with E-state index in [4.69, 9.17) is 33.5 Å². The van der Waals surface area contributed by atoms with Crippen LogP contribution in [0.5, 0.6) is 0 Å². The summed E-state index contributed by atoms with van der Waals surface area (Å²) < 4.78 is 31.7. The monoisotopic (exact) mass is 428 g/mol. The predicted molar refractivity (Wildman–Crippen MR) is 88.0 cm³/mol. The van der Waals surface area contributed by atoms with Crippen LogP contribution in [0.4, 0.5) is 0 Å². The predicted octanol–water partition coefficient (Wildman–Crippen LogP) is -5.00. The van der Waals surface area contributed by atoms with E-state index >= 15 is 0 Å². The Bertz CT molecular complexity index is 523. The number of ether oxygens (including phenoxy) is 6. The molecule has 0 aliphatic carbocycles. The number of hydrogen-bond donors (Lipinski definition) is 7. The van der Waals surface area contributed by atoms with Gasteiger partial charge in [-0.1, -0.05) is 0 Å². The number of rotatable bonds is 8. The summed E-state index contributed by atoms with van der Waals surface area (Å²) >= 11 is 0. The molecule has 0 bridgehead atoms. The zero-order valence-electron chi connectivity index (χ0n) is 15.6. The quantitative estimate of drug-likeness (QED) is 0.194. The van der Waals surface area contributed by atoms with Crippen molar-refractivity contribution in [3.63, 3.8) is 0 Å². The van der Waals surface area contributed by atoms with E-state index in [-0.39, 0.29) is 6.61 Å². The van der Waals surface area contributed by atoms with E-state index in [0.29, 0.717) is 0 Å². The summed E-state index contributed by atoms with van der Waals surface area (Å²) in [6, 6.07) is 0. The molecule has 29 heavy (non-hydrogen) atoms. The van der Waals surface area contributed by atoms with Crippen LogP contribution >= 0.6 is 0 Å². The molecule has 3 aliphatic heterocycles. The minimum atomic E-state index is -1.48. The Kier molecular flexibility index (Phi) is 7.77. The fourth-order valence-corrected chi connectivity index (χ4v) is 3.53. The molecule has 12 atom stereocenters. The molecular formula is C16H28O13. The number of aliphatic hydroxyl groups excluding tert-OH is 7. The Morgan fingerprint density at radius 1 is 0.655 bits per heavy atom. The molecule has 3 rings (SSSR count). The van der Waals surface area contributed by atoms with Crippen LogP contribution in [0.15, 0.2) is 0 Å². The lowest BCUT2D eigenvalue weighted by atomic mass is 10.1. The smallest absolute Gasteiger partial charge is 0.187 e. The maximum Gasteiger partial charge on any atom is 0.187 e. The lowest BCUT2D eigenvalue weighted by Crippen LogP contribution is -2.44. The molecule has 3 heterocycles. The minimum Gasteiger partial charge on any atom is -0.394 e. The van der Waals surface area contributed by atoms with Gasteiger partial charge in [-0.3, -0.25) is 0 Å². The first-order valence-corrected chi connectivity index (χ1v) is 9.20. The lowest BCUT2D eigenvalue weighted by Gasteiger charge is -2.25. The average molecular weight is 428 g/mol. The maximum absolute atomic E-state index is 10.5. The van der Waals surface area contributed by atoms with Crippen LogP contribution in [0, 0.1) is 0 Å². The second kappa shape index (κ2) is 9.74. The molecule has 0 aromatic carbocycles. The van der Waals surface area contributed by atoms with Gasteiger partial charge in [0.15, 0.2) is 18.9 Å².